The summed E-state index contributed by atoms with van der Waals surface area (Å²) in [5, 5.41) is 3.68. The lowest BCUT2D eigenvalue weighted by atomic mass is 9.93. The van der Waals surface area contributed by atoms with Crippen LogP contribution >= 0.6 is 0 Å². The minimum Gasteiger partial charge on any atom is -0.464 e. The predicted molar refractivity (Wildman–Crippen MR) is 73.3 cm³/mol. The maximum Gasteiger partial charge on any atom is 0.347 e. The molecule has 0 radical (unpaired) electrons. The SMILES string of the molecule is CCOC(=O)C(O[C@@H]1CCCC[C@H]1N=[N+]=[N-])C(=O)OCC. The fraction of sp³-hybridized carbons (Fsp3) is 0.846. The Morgan fingerprint density at radius 1 is 1.19 bits per heavy atom. The number of rotatable bonds is 7. The third-order valence-corrected chi connectivity index (χ3v) is 3.18. The van der Waals surface area contributed by atoms with Gasteiger partial charge in [0, 0.05) is 4.91 Å². The number of hydrogen-bond acceptors (Lipinski definition) is 6. The topological polar surface area (TPSA) is 111 Å². The molecule has 0 aromatic heterocycles. The van der Waals surface area contributed by atoms with Gasteiger partial charge in [-0.3, -0.25) is 0 Å². The van der Waals surface area contributed by atoms with E-state index in [-0.39, 0.29) is 19.3 Å². The van der Waals surface area contributed by atoms with E-state index in [1.807, 2.05) is 0 Å². The van der Waals surface area contributed by atoms with Crippen molar-refractivity contribution < 1.29 is 23.8 Å². The van der Waals surface area contributed by atoms with Gasteiger partial charge in [-0.2, -0.15) is 0 Å². The van der Waals surface area contributed by atoms with E-state index in [1.165, 1.54) is 0 Å². The highest BCUT2D eigenvalue weighted by molar-refractivity contribution is 5.98. The minimum absolute atomic E-state index is 0.141. The Morgan fingerprint density at radius 3 is 2.29 bits per heavy atom. The lowest BCUT2D eigenvalue weighted by Gasteiger charge is -2.30. The first-order valence-electron chi connectivity index (χ1n) is 7.16. The number of esters is 2. The molecule has 0 saturated heterocycles. The van der Waals surface area contributed by atoms with Crippen LogP contribution in [0.3, 0.4) is 0 Å². The van der Waals surface area contributed by atoms with Gasteiger partial charge in [0.2, 0.25) is 0 Å². The van der Waals surface area contributed by atoms with Gasteiger partial charge in [0.1, 0.15) is 0 Å². The van der Waals surface area contributed by atoms with E-state index in [0.717, 1.165) is 12.8 Å². The van der Waals surface area contributed by atoms with Crippen molar-refractivity contribution in [3.05, 3.63) is 10.4 Å². The van der Waals surface area contributed by atoms with Gasteiger partial charge in [0.05, 0.1) is 25.4 Å². The van der Waals surface area contributed by atoms with E-state index >= 15 is 0 Å². The number of carbonyl (C=O) groups excluding carboxylic acids is 2. The molecule has 8 heteroatoms. The van der Waals surface area contributed by atoms with Crippen LogP contribution in [0.1, 0.15) is 39.5 Å². The quantitative estimate of drug-likeness (QED) is 0.235. The fourth-order valence-electron chi connectivity index (χ4n) is 2.25. The number of nitrogens with zero attached hydrogens (tertiary/aromatic N) is 3. The fourth-order valence-corrected chi connectivity index (χ4v) is 2.25. The highest BCUT2D eigenvalue weighted by Gasteiger charge is 2.36. The summed E-state index contributed by atoms with van der Waals surface area (Å²) in [4.78, 5) is 26.5. The molecule has 2 atom stereocenters. The molecular weight excluding hydrogens is 278 g/mol. The van der Waals surface area contributed by atoms with Crippen molar-refractivity contribution in [1.29, 1.82) is 0 Å². The van der Waals surface area contributed by atoms with Crippen LogP contribution in [0.4, 0.5) is 0 Å². The maximum atomic E-state index is 11.8. The maximum absolute atomic E-state index is 11.8. The molecule has 0 aromatic rings. The Hall–Kier alpha value is -1.79. The summed E-state index contributed by atoms with van der Waals surface area (Å²) in [5.41, 5.74) is 8.58. The lowest BCUT2D eigenvalue weighted by Crippen LogP contribution is -2.43. The van der Waals surface area contributed by atoms with Gasteiger partial charge in [0.25, 0.3) is 6.10 Å². The highest BCUT2D eigenvalue weighted by atomic mass is 16.6. The van der Waals surface area contributed by atoms with Gasteiger partial charge in [-0.15, -0.1) is 0 Å². The number of hydrogen-bond donors (Lipinski definition) is 0. The van der Waals surface area contributed by atoms with Crippen LogP contribution in [-0.2, 0) is 23.8 Å². The molecule has 8 nitrogen and oxygen atoms in total. The normalized spacial score (nSPS) is 21.5. The molecule has 1 rings (SSSR count). The minimum atomic E-state index is -1.43. The second kappa shape index (κ2) is 9.20. The molecule has 1 saturated carbocycles. The first kappa shape index (κ1) is 17.3. The molecule has 0 bridgehead atoms. The molecule has 1 fully saturated rings. The zero-order valence-electron chi connectivity index (χ0n) is 12.4. The van der Waals surface area contributed by atoms with Crippen molar-refractivity contribution in [3.63, 3.8) is 0 Å². The zero-order chi connectivity index (χ0) is 15.7. The summed E-state index contributed by atoms with van der Waals surface area (Å²) in [5.74, 6) is -1.55. The standard InChI is InChI=1S/C13H21N3O5/c1-3-19-12(17)11(13(18)20-4-2)21-10-8-6-5-7-9(10)15-16-14/h9-11H,3-8H2,1-2H3/t9-,10-/m1/s1. The van der Waals surface area contributed by atoms with Crippen molar-refractivity contribution in [1.82, 2.24) is 0 Å². The monoisotopic (exact) mass is 299 g/mol. The Labute approximate surface area is 123 Å². The molecule has 0 aromatic carbocycles. The van der Waals surface area contributed by atoms with E-state index in [4.69, 9.17) is 19.7 Å². The smallest absolute Gasteiger partial charge is 0.347 e. The average Bonchev–Trinajstić information content (AvgIpc) is 2.47. The van der Waals surface area contributed by atoms with E-state index in [1.54, 1.807) is 13.8 Å². The molecule has 0 N–H and O–H groups in total. The van der Waals surface area contributed by atoms with Crippen molar-refractivity contribution in [2.24, 2.45) is 5.11 Å². The van der Waals surface area contributed by atoms with Gasteiger partial charge in [-0.1, -0.05) is 18.0 Å². The summed E-state index contributed by atoms with van der Waals surface area (Å²) in [6, 6.07) is -0.380. The van der Waals surface area contributed by atoms with E-state index < -0.39 is 24.1 Å². The largest absolute Gasteiger partial charge is 0.464 e. The summed E-state index contributed by atoms with van der Waals surface area (Å²) >= 11 is 0. The summed E-state index contributed by atoms with van der Waals surface area (Å²) in [6.07, 6.45) is 1.21. The third kappa shape index (κ3) is 5.24. The van der Waals surface area contributed by atoms with Gasteiger partial charge < -0.3 is 14.2 Å². The first-order valence-corrected chi connectivity index (χ1v) is 7.16. The molecule has 21 heavy (non-hydrogen) atoms. The Balaban J connectivity index is 2.79. The van der Waals surface area contributed by atoms with E-state index in [2.05, 4.69) is 10.0 Å². The van der Waals surface area contributed by atoms with Crippen LogP contribution in [0.2, 0.25) is 0 Å². The Morgan fingerprint density at radius 2 is 1.76 bits per heavy atom. The second-order valence-electron chi connectivity index (χ2n) is 4.62. The van der Waals surface area contributed by atoms with Gasteiger partial charge >= 0.3 is 11.9 Å². The van der Waals surface area contributed by atoms with Crippen molar-refractivity contribution >= 4 is 11.9 Å². The van der Waals surface area contributed by atoms with Crippen LogP contribution in [0.5, 0.6) is 0 Å². The highest BCUT2D eigenvalue weighted by Crippen LogP contribution is 2.25. The van der Waals surface area contributed by atoms with Gasteiger partial charge in [0.15, 0.2) is 0 Å². The van der Waals surface area contributed by atoms with Crippen LogP contribution in [0.15, 0.2) is 5.11 Å². The van der Waals surface area contributed by atoms with Crippen LogP contribution in [0.25, 0.3) is 10.4 Å². The number of carbonyl (C=O) groups is 2. The number of azide groups is 1. The van der Waals surface area contributed by atoms with Crippen LogP contribution < -0.4 is 0 Å². The second-order valence-corrected chi connectivity index (χ2v) is 4.62. The van der Waals surface area contributed by atoms with Crippen molar-refractivity contribution in [3.8, 4) is 0 Å². The predicted octanol–water partition coefficient (Wildman–Crippen LogP) is 2.12. The Bertz CT molecular complexity index is 391. The van der Waals surface area contributed by atoms with E-state index in [0.29, 0.717) is 12.8 Å². The molecule has 1 aliphatic carbocycles. The van der Waals surface area contributed by atoms with E-state index in [9.17, 15) is 9.59 Å². The molecule has 1 aliphatic rings. The van der Waals surface area contributed by atoms with Gasteiger partial charge in [-0.05, 0) is 32.2 Å². The Kier molecular flexibility index (Phi) is 7.56. The van der Waals surface area contributed by atoms with Gasteiger partial charge in [-0.25, -0.2) is 9.59 Å². The van der Waals surface area contributed by atoms with Crippen LogP contribution in [0, 0.1) is 0 Å². The zero-order valence-corrected chi connectivity index (χ0v) is 12.4. The molecule has 0 aliphatic heterocycles. The van der Waals surface area contributed by atoms with Crippen molar-refractivity contribution in [2.45, 2.75) is 57.8 Å². The molecular formula is C13H21N3O5. The third-order valence-electron chi connectivity index (χ3n) is 3.18. The molecule has 0 unspecified atom stereocenters. The summed E-state index contributed by atoms with van der Waals surface area (Å²) in [7, 11) is 0. The first-order chi connectivity index (χ1) is 10.1. The summed E-state index contributed by atoms with van der Waals surface area (Å²) < 4.78 is 15.3. The molecule has 0 amide bonds. The molecule has 0 heterocycles. The number of ether oxygens (including phenoxy) is 3. The lowest BCUT2D eigenvalue weighted by molar-refractivity contribution is -0.179. The molecule has 0 spiro atoms. The molecule has 118 valence electrons. The summed E-state index contributed by atoms with van der Waals surface area (Å²) in [6.45, 7) is 3.57. The average molecular weight is 299 g/mol. The van der Waals surface area contributed by atoms with Crippen LogP contribution in [-0.4, -0.2) is 43.4 Å². The van der Waals surface area contributed by atoms with Crippen molar-refractivity contribution in [2.75, 3.05) is 13.2 Å².